The fourth-order valence-electron chi connectivity index (χ4n) is 2.04. The van der Waals surface area contributed by atoms with Gasteiger partial charge in [-0.1, -0.05) is 6.07 Å². The average molecular weight is 222 g/mol. The van der Waals surface area contributed by atoms with Gasteiger partial charge >= 0.3 is 0 Å². The van der Waals surface area contributed by atoms with Gasteiger partial charge in [0.05, 0.1) is 6.04 Å². The number of halogens is 1. The molecule has 1 saturated heterocycles. The Hall–Kier alpha value is -1.42. The van der Waals surface area contributed by atoms with Crippen molar-refractivity contribution in [2.75, 3.05) is 18.5 Å². The maximum absolute atomic E-state index is 13.1. The van der Waals surface area contributed by atoms with Crippen LogP contribution in [0.15, 0.2) is 24.3 Å². The normalized spacial score (nSPS) is 21.2. The summed E-state index contributed by atoms with van der Waals surface area (Å²) in [4.78, 5) is 13.7. The van der Waals surface area contributed by atoms with Crippen molar-refractivity contribution in [2.24, 2.45) is 0 Å². The first kappa shape index (κ1) is 11.1. The van der Waals surface area contributed by atoms with Crippen LogP contribution in [0.2, 0.25) is 0 Å². The van der Waals surface area contributed by atoms with Crippen LogP contribution >= 0.6 is 0 Å². The van der Waals surface area contributed by atoms with Crippen molar-refractivity contribution >= 4 is 11.6 Å². The van der Waals surface area contributed by atoms with Gasteiger partial charge in [0.1, 0.15) is 5.82 Å². The maximum atomic E-state index is 13.1. The lowest BCUT2D eigenvalue weighted by molar-refractivity contribution is -0.121. The molecule has 1 atom stereocenters. The summed E-state index contributed by atoms with van der Waals surface area (Å²) in [6.45, 7) is 0.667. The molecule has 1 aromatic carbocycles. The molecule has 0 bridgehead atoms. The number of hydrogen-bond acceptors (Lipinski definition) is 2. The standard InChI is InChI=1S/C12H15FN2O/c1-14-11-6-3-7-15(12(11)16)10-5-2-4-9(13)8-10/h2,4-5,8,11,14H,3,6-7H2,1H3. The largest absolute Gasteiger partial charge is 0.311 e. The van der Waals surface area contributed by atoms with Gasteiger partial charge in [-0.3, -0.25) is 4.79 Å². The minimum atomic E-state index is -0.308. The lowest BCUT2D eigenvalue weighted by atomic mass is 10.0. The highest BCUT2D eigenvalue weighted by Gasteiger charge is 2.28. The zero-order valence-corrected chi connectivity index (χ0v) is 9.24. The van der Waals surface area contributed by atoms with E-state index in [1.807, 2.05) is 0 Å². The van der Waals surface area contributed by atoms with Gasteiger partial charge in [-0.2, -0.15) is 0 Å². The molecule has 1 aromatic rings. The highest BCUT2D eigenvalue weighted by atomic mass is 19.1. The van der Waals surface area contributed by atoms with E-state index in [-0.39, 0.29) is 17.8 Å². The summed E-state index contributed by atoms with van der Waals surface area (Å²) < 4.78 is 13.1. The number of carbonyl (C=O) groups excluding carboxylic acids is 1. The summed E-state index contributed by atoms with van der Waals surface area (Å²) in [6.07, 6.45) is 1.79. The Kier molecular flexibility index (Phi) is 3.19. The Labute approximate surface area is 94.3 Å². The Morgan fingerprint density at radius 1 is 1.50 bits per heavy atom. The zero-order chi connectivity index (χ0) is 11.5. The van der Waals surface area contributed by atoms with Crippen LogP contribution < -0.4 is 10.2 Å². The molecule has 0 spiro atoms. The lowest BCUT2D eigenvalue weighted by Gasteiger charge is -2.32. The minimum Gasteiger partial charge on any atom is -0.311 e. The van der Waals surface area contributed by atoms with Gasteiger partial charge in [0.25, 0.3) is 0 Å². The van der Waals surface area contributed by atoms with Crippen LogP contribution in [0.25, 0.3) is 0 Å². The predicted molar refractivity (Wildman–Crippen MR) is 60.8 cm³/mol. The number of hydrogen-bond donors (Lipinski definition) is 1. The Morgan fingerprint density at radius 3 is 3.00 bits per heavy atom. The molecule has 2 rings (SSSR count). The van der Waals surface area contributed by atoms with E-state index in [4.69, 9.17) is 0 Å². The van der Waals surface area contributed by atoms with Gasteiger partial charge in [-0.15, -0.1) is 0 Å². The Bertz CT molecular complexity index is 394. The summed E-state index contributed by atoms with van der Waals surface area (Å²) >= 11 is 0. The molecule has 1 N–H and O–H groups in total. The number of amides is 1. The molecule has 1 fully saturated rings. The molecule has 1 unspecified atom stereocenters. The third kappa shape index (κ3) is 2.07. The first-order valence-electron chi connectivity index (χ1n) is 5.46. The second-order valence-electron chi connectivity index (χ2n) is 3.95. The van der Waals surface area contributed by atoms with Gasteiger partial charge in [-0.05, 0) is 38.1 Å². The van der Waals surface area contributed by atoms with Crippen molar-refractivity contribution in [1.82, 2.24) is 5.32 Å². The van der Waals surface area contributed by atoms with Crippen molar-refractivity contribution in [3.05, 3.63) is 30.1 Å². The molecule has 86 valence electrons. The van der Waals surface area contributed by atoms with Crippen molar-refractivity contribution in [3.8, 4) is 0 Å². The molecular formula is C12H15FN2O. The highest BCUT2D eigenvalue weighted by Crippen LogP contribution is 2.21. The topological polar surface area (TPSA) is 32.3 Å². The summed E-state index contributed by atoms with van der Waals surface area (Å²) in [6, 6.07) is 6.03. The zero-order valence-electron chi connectivity index (χ0n) is 9.24. The van der Waals surface area contributed by atoms with E-state index >= 15 is 0 Å². The van der Waals surface area contributed by atoms with E-state index in [1.54, 1.807) is 24.1 Å². The summed E-state index contributed by atoms with van der Waals surface area (Å²) in [7, 11) is 1.78. The first-order chi connectivity index (χ1) is 7.72. The molecule has 4 heteroatoms. The monoisotopic (exact) mass is 222 g/mol. The number of anilines is 1. The third-order valence-corrected chi connectivity index (χ3v) is 2.91. The molecule has 16 heavy (non-hydrogen) atoms. The Balaban J connectivity index is 2.23. The molecule has 1 amide bonds. The molecular weight excluding hydrogens is 207 g/mol. The van der Waals surface area contributed by atoms with E-state index < -0.39 is 0 Å². The van der Waals surface area contributed by atoms with E-state index in [1.165, 1.54) is 12.1 Å². The number of carbonyl (C=O) groups is 1. The van der Waals surface area contributed by atoms with Crippen LogP contribution in [0, 0.1) is 5.82 Å². The predicted octanol–water partition coefficient (Wildman–Crippen LogP) is 1.54. The molecule has 0 aliphatic carbocycles. The first-order valence-corrected chi connectivity index (χ1v) is 5.46. The van der Waals surface area contributed by atoms with Crippen LogP contribution in [0.4, 0.5) is 10.1 Å². The number of benzene rings is 1. The lowest BCUT2D eigenvalue weighted by Crippen LogP contribution is -2.49. The smallest absolute Gasteiger partial charge is 0.244 e. The van der Waals surface area contributed by atoms with Gasteiger partial charge in [0, 0.05) is 12.2 Å². The fourth-order valence-corrected chi connectivity index (χ4v) is 2.04. The number of rotatable bonds is 2. The molecule has 0 aromatic heterocycles. The van der Waals surface area contributed by atoms with Crippen LogP contribution in [0.3, 0.4) is 0 Å². The number of piperidine rings is 1. The summed E-state index contributed by atoms with van der Waals surface area (Å²) in [5.41, 5.74) is 0.643. The number of nitrogens with one attached hydrogen (secondary N) is 1. The molecule has 1 heterocycles. The van der Waals surface area contributed by atoms with E-state index in [0.29, 0.717) is 12.2 Å². The SMILES string of the molecule is CNC1CCCN(c2cccc(F)c2)C1=O. The average Bonchev–Trinajstić information content (AvgIpc) is 2.29. The minimum absolute atomic E-state index is 0.0272. The fraction of sp³-hybridized carbons (Fsp3) is 0.417. The van der Waals surface area contributed by atoms with E-state index in [2.05, 4.69) is 5.32 Å². The Morgan fingerprint density at radius 2 is 2.31 bits per heavy atom. The molecule has 0 radical (unpaired) electrons. The number of nitrogens with zero attached hydrogens (tertiary/aromatic N) is 1. The second kappa shape index (κ2) is 4.61. The van der Waals surface area contributed by atoms with Crippen LogP contribution in [0.5, 0.6) is 0 Å². The molecule has 1 aliphatic rings. The van der Waals surface area contributed by atoms with Gasteiger partial charge in [0.15, 0.2) is 0 Å². The summed E-state index contributed by atoms with van der Waals surface area (Å²) in [5.74, 6) is -0.281. The highest BCUT2D eigenvalue weighted by molar-refractivity contribution is 5.97. The third-order valence-electron chi connectivity index (χ3n) is 2.91. The van der Waals surface area contributed by atoms with Crippen LogP contribution in [0.1, 0.15) is 12.8 Å². The van der Waals surface area contributed by atoms with Crippen molar-refractivity contribution < 1.29 is 9.18 Å². The van der Waals surface area contributed by atoms with Gasteiger partial charge in [-0.25, -0.2) is 4.39 Å². The van der Waals surface area contributed by atoms with Gasteiger partial charge in [0.2, 0.25) is 5.91 Å². The van der Waals surface area contributed by atoms with E-state index in [9.17, 15) is 9.18 Å². The van der Waals surface area contributed by atoms with Crippen LogP contribution in [-0.4, -0.2) is 25.5 Å². The van der Waals surface area contributed by atoms with Crippen molar-refractivity contribution in [1.29, 1.82) is 0 Å². The molecule has 3 nitrogen and oxygen atoms in total. The number of likely N-dealkylation sites (N-methyl/N-ethyl adjacent to an activating group) is 1. The maximum Gasteiger partial charge on any atom is 0.244 e. The second-order valence-corrected chi connectivity index (χ2v) is 3.95. The van der Waals surface area contributed by atoms with E-state index in [0.717, 1.165) is 12.8 Å². The van der Waals surface area contributed by atoms with Crippen LogP contribution in [-0.2, 0) is 4.79 Å². The quantitative estimate of drug-likeness (QED) is 0.823. The van der Waals surface area contributed by atoms with Crippen molar-refractivity contribution in [3.63, 3.8) is 0 Å². The molecule has 1 aliphatic heterocycles. The van der Waals surface area contributed by atoms with Crippen molar-refractivity contribution in [2.45, 2.75) is 18.9 Å². The molecule has 0 saturated carbocycles. The summed E-state index contributed by atoms with van der Waals surface area (Å²) in [5, 5.41) is 2.98. The van der Waals surface area contributed by atoms with Gasteiger partial charge < -0.3 is 10.2 Å².